The number of aliphatic hydroxyl groups excluding tert-OH is 1. The van der Waals surface area contributed by atoms with Crippen molar-refractivity contribution in [2.45, 2.75) is 19.6 Å². The van der Waals surface area contributed by atoms with Crippen LogP contribution in [0.3, 0.4) is 0 Å². The number of fused-ring (bicyclic) bond motifs is 1. The van der Waals surface area contributed by atoms with E-state index < -0.39 is 0 Å². The number of aliphatic hydroxyl groups is 1. The van der Waals surface area contributed by atoms with E-state index in [2.05, 4.69) is 9.97 Å². The molecule has 0 unspecified atom stereocenters. The molecule has 126 valence electrons. The van der Waals surface area contributed by atoms with Gasteiger partial charge in [0, 0.05) is 18.3 Å². The lowest BCUT2D eigenvalue weighted by Gasteiger charge is -2.10. The number of nitrogens with zero attached hydrogens (tertiary/aromatic N) is 3. The number of aromatic nitrogens is 3. The fourth-order valence-corrected chi connectivity index (χ4v) is 2.83. The van der Waals surface area contributed by atoms with Crippen LogP contribution in [0.2, 0.25) is 10.0 Å². The topological polar surface area (TPSA) is 60.2 Å². The Hall–Kier alpha value is -1.66. The molecular weight excluding hydrogens is 349 g/mol. The Bertz CT molecular complexity index is 822. The Balaban J connectivity index is 1.90. The molecule has 2 heterocycles. The summed E-state index contributed by atoms with van der Waals surface area (Å²) in [6, 6.07) is 9.40. The quantitative estimate of drug-likeness (QED) is 0.651. The van der Waals surface area contributed by atoms with Crippen molar-refractivity contribution in [3.05, 3.63) is 58.1 Å². The maximum absolute atomic E-state index is 8.91. The first-order chi connectivity index (χ1) is 11.7. The van der Waals surface area contributed by atoms with Gasteiger partial charge in [-0.1, -0.05) is 29.3 Å². The van der Waals surface area contributed by atoms with Crippen LogP contribution >= 0.6 is 23.2 Å². The SMILES string of the molecule is OCCOCn1c(CCc2ccccn2)nc2cc(Cl)c(Cl)cc21. The smallest absolute Gasteiger partial charge is 0.124 e. The summed E-state index contributed by atoms with van der Waals surface area (Å²) >= 11 is 12.2. The molecule has 0 atom stereocenters. The van der Waals surface area contributed by atoms with Gasteiger partial charge in [-0.2, -0.15) is 0 Å². The number of hydrogen-bond donors (Lipinski definition) is 1. The second kappa shape index (κ2) is 7.94. The summed E-state index contributed by atoms with van der Waals surface area (Å²) in [6.07, 6.45) is 3.26. The molecule has 0 saturated carbocycles. The molecule has 7 heteroatoms. The predicted molar refractivity (Wildman–Crippen MR) is 94.4 cm³/mol. The minimum Gasteiger partial charge on any atom is -0.394 e. The molecule has 1 N–H and O–H groups in total. The van der Waals surface area contributed by atoms with E-state index in [0.717, 1.165) is 29.0 Å². The van der Waals surface area contributed by atoms with E-state index in [9.17, 15) is 0 Å². The molecule has 0 radical (unpaired) electrons. The monoisotopic (exact) mass is 365 g/mol. The van der Waals surface area contributed by atoms with Gasteiger partial charge in [0.15, 0.2) is 0 Å². The van der Waals surface area contributed by atoms with Crippen LogP contribution in [0.4, 0.5) is 0 Å². The molecule has 2 aromatic heterocycles. The maximum Gasteiger partial charge on any atom is 0.124 e. The zero-order chi connectivity index (χ0) is 16.9. The third kappa shape index (κ3) is 3.87. The van der Waals surface area contributed by atoms with Gasteiger partial charge >= 0.3 is 0 Å². The Kier molecular flexibility index (Phi) is 5.68. The average Bonchev–Trinajstić information content (AvgIpc) is 2.91. The van der Waals surface area contributed by atoms with Crippen molar-refractivity contribution < 1.29 is 9.84 Å². The summed E-state index contributed by atoms with van der Waals surface area (Å²) in [5, 5.41) is 9.86. The van der Waals surface area contributed by atoms with Gasteiger partial charge in [-0.15, -0.1) is 0 Å². The minimum atomic E-state index is -0.0253. The molecular formula is C17H17Cl2N3O2. The highest BCUT2D eigenvalue weighted by Crippen LogP contribution is 2.28. The Labute approximate surface area is 149 Å². The highest BCUT2D eigenvalue weighted by molar-refractivity contribution is 6.42. The van der Waals surface area contributed by atoms with Crippen molar-refractivity contribution in [3.63, 3.8) is 0 Å². The fourth-order valence-electron chi connectivity index (χ4n) is 2.51. The first-order valence-electron chi connectivity index (χ1n) is 7.61. The van der Waals surface area contributed by atoms with Crippen LogP contribution in [-0.4, -0.2) is 32.9 Å². The van der Waals surface area contributed by atoms with Crippen LogP contribution in [0.5, 0.6) is 0 Å². The van der Waals surface area contributed by atoms with Crippen molar-refractivity contribution in [1.82, 2.24) is 14.5 Å². The van der Waals surface area contributed by atoms with Crippen molar-refractivity contribution >= 4 is 34.2 Å². The van der Waals surface area contributed by atoms with Crippen LogP contribution in [0.15, 0.2) is 36.5 Å². The van der Waals surface area contributed by atoms with Crippen LogP contribution in [0.25, 0.3) is 11.0 Å². The zero-order valence-electron chi connectivity index (χ0n) is 13.0. The molecule has 0 amide bonds. The van der Waals surface area contributed by atoms with E-state index in [4.69, 9.17) is 33.0 Å². The highest BCUT2D eigenvalue weighted by Gasteiger charge is 2.13. The zero-order valence-corrected chi connectivity index (χ0v) is 14.5. The summed E-state index contributed by atoms with van der Waals surface area (Å²) in [6.45, 7) is 0.537. The van der Waals surface area contributed by atoms with Gasteiger partial charge in [-0.25, -0.2) is 4.98 Å². The number of halogens is 2. The molecule has 3 aromatic rings. The van der Waals surface area contributed by atoms with Gasteiger partial charge in [0.05, 0.1) is 34.3 Å². The van der Waals surface area contributed by atoms with Crippen LogP contribution < -0.4 is 0 Å². The molecule has 0 aliphatic carbocycles. The van der Waals surface area contributed by atoms with Crippen molar-refractivity contribution in [1.29, 1.82) is 0 Å². The first-order valence-corrected chi connectivity index (χ1v) is 8.37. The normalized spacial score (nSPS) is 11.3. The molecule has 3 rings (SSSR count). The van der Waals surface area contributed by atoms with Gasteiger partial charge in [-0.3, -0.25) is 4.98 Å². The third-order valence-electron chi connectivity index (χ3n) is 3.66. The Morgan fingerprint density at radius 1 is 1.12 bits per heavy atom. The lowest BCUT2D eigenvalue weighted by molar-refractivity contribution is 0.0488. The van der Waals surface area contributed by atoms with Crippen molar-refractivity contribution in [2.24, 2.45) is 0 Å². The fraction of sp³-hybridized carbons (Fsp3) is 0.294. The largest absolute Gasteiger partial charge is 0.394 e. The summed E-state index contributed by atoms with van der Waals surface area (Å²) < 4.78 is 7.43. The molecule has 5 nitrogen and oxygen atoms in total. The number of aryl methyl sites for hydroxylation is 2. The van der Waals surface area contributed by atoms with Crippen LogP contribution in [0.1, 0.15) is 11.5 Å². The Morgan fingerprint density at radius 3 is 2.71 bits per heavy atom. The van der Waals surface area contributed by atoms with E-state index in [0.29, 0.717) is 23.2 Å². The van der Waals surface area contributed by atoms with E-state index in [-0.39, 0.29) is 13.2 Å². The molecule has 1 aromatic carbocycles. The molecule has 0 spiro atoms. The van der Waals surface area contributed by atoms with E-state index in [1.807, 2.05) is 22.8 Å². The summed E-state index contributed by atoms with van der Waals surface area (Å²) in [5.41, 5.74) is 2.63. The van der Waals surface area contributed by atoms with Crippen LogP contribution in [-0.2, 0) is 24.3 Å². The molecule has 0 saturated heterocycles. The van der Waals surface area contributed by atoms with E-state index in [1.165, 1.54) is 0 Å². The summed E-state index contributed by atoms with van der Waals surface area (Å²) in [4.78, 5) is 9.00. The van der Waals surface area contributed by atoms with Gasteiger partial charge in [0.25, 0.3) is 0 Å². The number of benzene rings is 1. The second-order valence-corrected chi connectivity index (χ2v) is 6.11. The summed E-state index contributed by atoms with van der Waals surface area (Å²) in [5.74, 6) is 0.868. The number of rotatable bonds is 7. The molecule has 24 heavy (non-hydrogen) atoms. The van der Waals surface area contributed by atoms with E-state index in [1.54, 1.807) is 18.3 Å². The van der Waals surface area contributed by atoms with Crippen molar-refractivity contribution in [2.75, 3.05) is 13.2 Å². The number of hydrogen-bond acceptors (Lipinski definition) is 4. The molecule has 0 bridgehead atoms. The number of pyridine rings is 1. The van der Waals surface area contributed by atoms with E-state index >= 15 is 0 Å². The Morgan fingerprint density at radius 2 is 1.96 bits per heavy atom. The molecule has 0 fully saturated rings. The first kappa shape index (κ1) is 17.2. The maximum atomic E-state index is 8.91. The molecule has 0 aliphatic rings. The van der Waals surface area contributed by atoms with Gasteiger partial charge < -0.3 is 14.4 Å². The van der Waals surface area contributed by atoms with Crippen LogP contribution in [0, 0.1) is 0 Å². The minimum absolute atomic E-state index is 0.0253. The number of imidazole rings is 1. The van der Waals surface area contributed by atoms with Gasteiger partial charge in [0.2, 0.25) is 0 Å². The summed E-state index contributed by atoms with van der Waals surface area (Å²) in [7, 11) is 0. The third-order valence-corrected chi connectivity index (χ3v) is 4.38. The average molecular weight is 366 g/mol. The number of ether oxygens (including phenoxy) is 1. The van der Waals surface area contributed by atoms with Crippen molar-refractivity contribution in [3.8, 4) is 0 Å². The highest BCUT2D eigenvalue weighted by atomic mass is 35.5. The lowest BCUT2D eigenvalue weighted by atomic mass is 10.2. The molecule has 0 aliphatic heterocycles. The van der Waals surface area contributed by atoms with Gasteiger partial charge in [0.1, 0.15) is 12.6 Å². The standard InChI is InChI=1S/C17H17Cl2N3O2/c18-13-9-15-16(10-14(13)19)22(11-24-8-7-23)17(21-15)5-4-12-3-1-2-6-20-12/h1-3,6,9-10,23H,4-5,7-8,11H2. The lowest BCUT2D eigenvalue weighted by Crippen LogP contribution is -2.10. The second-order valence-electron chi connectivity index (χ2n) is 5.29. The predicted octanol–water partition coefficient (Wildman–Crippen LogP) is 3.49. The van der Waals surface area contributed by atoms with Gasteiger partial charge in [-0.05, 0) is 30.7 Å².